The lowest BCUT2D eigenvalue weighted by atomic mass is 10.3. The van der Waals surface area contributed by atoms with E-state index in [-0.39, 0.29) is 10.7 Å². The highest BCUT2D eigenvalue weighted by molar-refractivity contribution is 7.89. The van der Waals surface area contributed by atoms with Crippen LogP contribution in [-0.4, -0.2) is 37.6 Å². The van der Waals surface area contributed by atoms with Gasteiger partial charge in [-0.15, -0.1) is 0 Å². The third-order valence-electron chi connectivity index (χ3n) is 3.35. The number of carbonyl (C=O) groups is 2. The van der Waals surface area contributed by atoms with E-state index in [0.29, 0.717) is 10.8 Å². The summed E-state index contributed by atoms with van der Waals surface area (Å²) in [5.74, 6) is -0.868. The molecule has 11 heteroatoms. The molecule has 0 saturated carbocycles. The van der Waals surface area contributed by atoms with Gasteiger partial charge >= 0.3 is 5.97 Å². The minimum Gasteiger partial charge on any atom is -0.451 e. The maximum Gasteiger partial charge on any atom is 0.324 e. The van der Waals surface area contributed by atoms with E-state index in [4.69, 9.17) is 20.9 Å². The topological polar surface area (TPSA) is 128 Å². The van der Waals surface area contributed by atoms with Crippen LogP contribution >= 0.6 is 11.6 Å². The van der Waals surface area contributed by atoms with E-state index in [2.05, 4.69) is 15.2 Å². The van der Waals surface area contributed by atoms with Crippen molar-refractivity contribution in [3.05, 3.63) is 41.1 Å². The highest BCUT2D eigenvalue weighted by atomic mass is 35.5. The first-order valence-electron chi connectivity index (χ1n) is 7.81. The molecule has 27 heavy (non-hydrogen) atoms. The number of esters is 1. The molecule has 0 bridgehead atoms. The number of ether oxygens (including phenoxy) is 1. The number of rotatable bonds is 7. The van der Waals surface area contributed by atoms with E-state index in [0.717, 1.165) is 0 Å². The largest absolute Gasteiger partial charge is 0.451 e. The van der Waals surface area contributed by atoms with Crippen molar-refractivity contribution in [2.45, 2.75) is 37.8 Å². The molecule has 1 amide bonds. The summed E-state index contributed by atoms with van der Waals surface area (Å²) in [7, 11) is -3.96. The maximum absolute atomic E-state index is 12.3. The SMILES string of the molecule is Cc1cc(NC(=O)C(C)OC(=O)[C@H](C)NS(=O)(=O)c2ccc(Cl)cc2)no1. The van der Waals surface area contributed by atoms with Gasteiger partial charge in [0, 0.05) is 11.1 Å². The van der Waals surface area contributed by atoms with Crippen LogP contribution in [0.15, 0.2) is 39.8 Å². The van der Waals surface area contributed by atoms with Crippen LogP contribution < -0.4 is 10.0 Å². The fourth-order valence-electron chi connectivity index (χ4n) is 1.95. The van der Waals surface area contributed by atoms with Gasteiger partial charge in [0.25, 0.3) is 5.91 Å². The van der Waals surface area contributed by atoms with Crippen LogP contribution in [0.3, 0.4) is 0 Å². The monoisotopic (exact) mass is 415 g/mol. The molecule has 0 fully saturated rings. The smallest absolute Gasteiger partial charge is 0.324 e. The molecular weight excluding hydrogens is 398 g/mol. The van der Waals surface area contributed by atoms with Gasteiger partial charge in [0.2, 0.25) is 10.0 Å². The number of aryl methyl sites for hydroxylation is 1. The van der Waals surface area contributed by atoms with Gasteiger partial charge in [0.15, 0.2) is 11.9 Å². The van der Waals surface area contributed by atoms with Crippen molar-refractivity contribution in [1.29, 1.82) is 0 Å². The summed E-state index contributed by atoms with van der Waals surface area (Å²) in [6.07, 6.45) is -1.17. The van der Waals surface area contributed by atoms with Crippen LogP contribution in [0.5, 0.6) is 0 Å². The second kappa shape index (κ2) is 8.51. The standard InChI is InChI=1S/C16H18ClN3O6S/c1-9-8-14(19-26-9)18-15(21)11(3)25-16(22)10(2)20-27(23,24)13-6-4-12(17)5-7-13/h4-8,10-11,20H,1-3H3,(H,18,19,21)/t10-,11?/m0/s1. The van der Waals surface area contributed by atoms with Gasteiger partial charge in [0.05, 0.1) is 4.90 Å². The van der Waals surface area contributed by atoms with Crippen LogP contribution in [0.25, 0.3) is 0 Å². The Balaban J connectivity index is 1.94. The molecule has 1 unspecified atom stereocenters. The Labute approximate surface area is 161 Å². The number of hydrogen-bond donors (Lipinski definition) is 2. The average molecular weight is 416 g/mol. The van der Waals surface area contributed by atoms with Gasteiger partial charge in [-0.05, 0) is 45.0 Å². The number of hydrogen-bond acceptors (Lipinski definition) is 7. The lowest BCUT2D eigenvalue weighted by Crippen LogP contribution is -2.42. The van der Waals surface area contributed by atoms with Crippen molar-refractivity contribution in [1.82, 2.24) is 9.88 Å². The summed E-state index contributed by atoms with van der Waals surface area (Å²) in [6.45, 7) is 4.31. The van der Waals surface area contributed by atoms with Crippen LogP contribution in [0.2, 0.25) is 5.02 Å². The van der Waals surface area contributed by atoms with E-state index < -0.39 is 34.0 Å². The predicted molar refractivity (Wildman–Crippen MR) is 96.7 cm³/mol. The van der Waals surface area contributed by atoms with Gasteiger partial charge in [-0.3, -0.25) is 9.59 Å². The van der Waals surface area contributed by atoms with Gasteiger partial charge in [-0.1, -0.05) is 16.8 Å². The Kier molecular flexibility index (Phi) is 6.58. The van der Waals surface area contributed by atoms with Crippen molar-refractivity contribution >= 4 is 39.3 Å². The van der Waals surface area contributed by atoms with Crippen LogP contribution in [-0.2, 0) is 24.3 Å². The number of halogens is 1. The third kappa shape index (κ3) is 5.78. The molecule has 2 N–H and O–H groups in total. The second-order valence-corrected chi connectivity index (χ2v) is 7.84. The van der Waals surface area contributed by atoms with Gasteiger partial charge in [0.1, 0.15) is 11.8 Å². The fraction of sp³-hybridized carbons (Fsp3) is 0.312. The summed E-state index contributed by atoms with van der Waals surface area (Å²) in [6, 6.07) is 5.72. The lowest BCUT2D eigenvalue weighted by Gasteiger charge is -2.17. The zero-order chi connectivity index (χ0) is 20.2. The summed E-state index contributed by atoms with van der Waals surface area (Å²) in [5.41, 5.74) is 0. The molecule has 1 aromatic carbocycles. The molecule has 0 aliphatic rings. The molecule has 2 rings (SSSR count). The highest BCUT2D eigenvalue weighted by Crippen LogP contribution is 2.14. The number of carbonyl (C=O) groups excluding carboxylic acids is 2. The summed E-state index contributed by atoms with van der Waals surface area (Å²) >= 11 is 5.73. The number of sulfonamides is 1. The lowest BCUT2D eigenvalue weighted by molar-refractivity contribution is -0.154. The first-order valence-corrected chi connectivity index (χ1v) is 9.67. The molecule has 1 aromatic heterocycles. The van der Waals surface area contributed by atoms with Crippen LogP contribution in [0.1, 0.15) is 19.6 Å². The van der Waals surface area contributed by atoms with Crippen molar-refractivity contribution < 1.29 is 27.3 Å². The van der Waals surface area contributed by atoms with Crippen molar-refractivity contribution in [2.24, 2.45) is 0 Å². The van der Waals surface area contributed by atoms with E-state index in [1.807, 2.05) is 0 Å². The van der Waals surface area contributed by atoms with Gasteiger partial charge in [-0.2, -0.15) is 4.72 Å². The number of anilines is 1. The predicted octanol–water partition coefficient (Wildman–Crippen LogP) is 1.87. The van der Waals surface area contributed by atoms with Crippen molar-refractivity contribution in [3.8, 4) is 0 Å². The Morgan fingerprint density at radius 1 is 1.22 bits per heavy atom. The minimum atomic E-state index is -3.96. The first-order chi connectivity index (χ1) is 12.6. The Hall–Kier alpha value is -2.43. The quantitative estimate of drug-likeness (QED) is 0.660. The summed E-state index contributed by atoms with van der Waals surface area (Å²) in [4.78, 5) is 24.0. The molecule has 2 aromatic rings. The van der Waals surface area contributed by atoms with Crippen molar-refractivity contribution in [2.75, 3.05) is 5.32 Å². The Bertz CT molecular complexity index is 926. The molecule has 0 radical (unpaired) electrons. The normalized spacial score (nSPS) is 13.6. The van der Waals surface area contributed by atoms with E-state index in [9.17, 15) is 18.0 Å². The molecule has 2 atom stereocenters. The number of nitrogens with zero attached hydrogens (tertiary/aromatic N) is 1. The van der Waals surface area contributed by atoms with E-state index >= 15 is 0 Å². The Morgan fingerprint density at radius 2 is 1.85 bits per heavy atom. The van der Waals surface area contributed by atoms with E-state index in [1.54, 1.807) is 6.92 Å². The first kappa shape index (κ1) is 20.9. The molecule has 9 nitrogen and oxygen atoms in total. The van der Waals surface area contributed by atoms with Crippen LogP contribution in [0.4, 0.5) is 5.82 Å². The number of benzene rings is 1. The van der Waals surface area contributed by atoms with Gasteiger partial charge in [-0.25, -0.2) is 8.42 Å². The summed E-state index contributed by atoms with van der Waals surface area (Å²) < 4.78 is 36.5. The molecule has 0 aliphatic heterocycles. The third-order valence-corrected chi connectivity index (χ3v) is 5.16. The maximum atomic E-state index is 12.3. The molecule has 146 valence electrons. The second-order valence-electron chi connectivity index (χ2n) is 5.69. The Morgan fingerprint density at radius 3 is 2.41 bits per heavy atom. The molecule has 0 spiro atoms. The summed E-state index contributed by atoms with van der Waals surface area (Å²) in [5, 5.41) is 6.38. The number of nitrogens with one attached hydrogen (secondary N) is 2. The zero-order valence-electron chi connectivity index (χ0n) is 14.7. The van der Waals surface area contributed by atoms with E-state index in [1.165, 1.54) is 44.2 Å². The minimum absolute atomic E-state index is 0.0567. The fourth-order valence-corrected chi connectivity index (χ4v) is 3.26. The molecule has 0 saturated heterocycles. The molecular formula is C16H18ClN3O6S. The van der Waals surface area contributed by atoms with Gasteiger partial charge < -0.3 is 14.6 Å². The van der Waals surface area contributed by atoms with Crippen LogP contribution in [0, 0.1) is 6.92 Å². The number of aromatic nitrogens is 1. The number of amides is 1. The zero-order valence-corrected chi connectivity index (χ0v) is 16.3. The molecule has 1 heterocycles. The van der Waals surface area contributed by atoms with Crippen molar-refractivity contribution in [3.63, 3.8) is 0 Å². The molecule has 0 aliphatic carbocycles. The average Bonchev–Trinajstić information content (AvgIpc) is 2.99. The highest BCUT2D eigenvalue weighted by Gasteiger charge is 2.26.